The van der Waals surface area contributed by atoms with E-state index in [1.54, 1.807) is 25.3 Å². The van der Waals surface area contributed by atoms with Crippen molar-refractivity contribution in [1.82, 2.24) is 4.90 Å². The number of morpholine rings is 1. The molecule has 0 saturated carbocycles. The molecule has 7 nitrogen and oxygen atoms in total. The minimum absolute atomic E-state index is 0.440. The summed E-state index contributed by atoms with van der Waals surface area (Å²) >= 11 is 0. The fraction of sp³-hybridized carbons (Fsp3) is 0.318. The molecule has 0 radical (unpaired) electrons. The lowest BCUT2D eigenvalue weighted by molar-refractivity contribution is 0.0322. The van der Waals surface area contributed by atoms with Crippen LogP contribution in [0.4, 0.5) is 0 Å². The molecular formula is C22H24N2O5. The molecule has 7 heteroatoms. The lowest BCUT2D eigenvalue weighted by Crippen LogP contribution is -2.38. The Morgan fingerprint density at radius 3 is 2.52 bits per heavy atom. The summed E-state index contributed by atoms with van der Waals surface area (Å²) in [5.41, 5.74) is 1.45. The van der Waals surface area contributed by atoms with Crippen LogP contribution < -0.4 is 14.8 Å². The van der Waals surface area contributed by atoms with Crippen LogP contribution in [0.25, 0.3) is 22.3 Å². The molecular weight excluding hydrogens is 372 g/mol. The van der Waals surface area contributed by atoms with Crippen LogP contribution in [0.3, 0.4) is 0 Å². The van der Waals surface area contributed by atoms with Crippen LogP contribution in [0.5, 0.6) is 11.5 Å². The van der Waals surface area contributed by atoms with Gasteiger partial charge >= 0.3 is 0 Å². The highest BCUT2D eigenvalue weighted by Crippen LogP contribution is 2.26. The highest BCUT2D eigenvalue weighted by atomic mass is 16.5. The average molecular weight is 396 g/mol. The van der Waals surface area contributed by atoms with E-state index in [1.165, 1.54) is 0 Å². The van der Waals surface area contributed by atoms with Crippen LogP contribution in [0.2, 0.25) is 0 Å². The van der Waals surface area contributed by atoms with E-state index in [4.69, 9.17) is 18.6 Å². The van der Waals surface area contributed by atoms with E-state index in [2.05, 4.69) is 10.1 Å². The summed E-state index contributed by atoms with van der Waals surface area (Å²) in [7, 11) is 1.60. The van der Waals surface area contributed by atoms with Crippen molar-refractivity contribution in [3.05, 3.63) is 53.9 Å². The zero-order chi connectivity index (χ0) is 20.1. The van der Waals surface area contributed by atoms with E-state index >= 15 is 0 Å². The molecule has 1 fully saturated rings. The third kappa shape index (κ3) is 4.52. The predicted molar refractivity (Wildman–Crippen MR) is 108 cm³/mol. The second kappa shape index (κ2) is 8.98. The molecule has 29 heavy (non-hydrogen) atoms. The first-order valence-electron chi connectivity index (χ1n) is 9.60. The molecule has 2 heterocycles. The van der Waals surface area contributed by atoms with E-state index in [9.17, 15) is 5.21 Å². The summed E-state index contributed by atoms with van der Waals surface area (Å²) in [5, 5.41) is 14.0. The van der Waals surface area contributed by atoms with Crippen LogP contribution in [-0.2, 0) is 4.74 Å². The molecule has 0 bridgehead atoms. The number of ether oxygens (including phenoxy) is 3. The largest absolute Gasteiger partial charge is 0.497 e. The van der Waals surface area contributed by atoms with Crippen LogP contribution in [-0.4, -0.2) is 56.7 Å². The molecule has 4 rings (SSSR count). The number of methoxy groups -OCH3 is 1. The van der Waals surface area contributed by atoms with Gasteiger partial charge in [0.1, 0.15) is 34.8 Å². The van der Waals surface area contributed by atoms with E-state index < -0.39 is 0 Å². The number of nitrogens with zero attached hydrogens (tertiary/aromatic N) is 2. The van der Waals surface area contributed by atoms with Crippen molar-refractivity contribution >= 4 is 11.0 Å². The number of rotatable bonds is 6. The van der Waals surface area contributed by atoms with E-state index in [0.29, 0.717) is 34.4 Å². The molecule has 0 aliphatic carbocycles. The summed E-state index contributed by atoms with van der Waals surface area (Å²) in [5.74, 6) is 2.07. The van der Waals surface area contributed by atoms with Gasteiger partial charge in [-0.25, -0.2) is 0 Å². The van der Waals surface area contributed by atoms with E-state index in [0.717, 1.165) is 44.2 Å². The quantitative estimate of drug-likeness (QED) is 0.510. The second-order valence-corrected chi connectivity index (χ2v) is 6.78. The Labute approximate surface area is 168 Å². The highest BCUT2D eigenvalue weighted by Gasteiger charge is 2.10. The van der Waals surface area contributed by atoms with Crippen molar-refractivity contribution in [3.63, 3.8) is 0 Å². The first kappa shape index (κ1) is 19.3. The van der Waals surface area contributed by atoms with E-state index in [-0.39, 0.29) is 0 Å². The molecule has 1 saturated heterocycles. The molecule has 2 aromatic carbocycles. The zero-order valence-corrected chi connectivity index (χ0v) is 16.3. The van der Waals surface area contributed by atoms with Gasteiger partial charge in [0.2, 0.25) is 0 Å². The van der Waals surface area contributed by atoms with Gasteiger partial charge in [-0.1, -0.05) is 5.16 Å². The summed E-state index contributed by atoms with van der Waals surface area (Å²) in [6.45, 7) is 5.00. The van der Waals surface area contributed by atoms with Gasteiger partial charge in [-0.3, -0.25) is 4.90 Å². The maximum absolute atomic E-state index is 9.40. The Morgan fingerprint density at radius 2 is 1.79 bits per heavy atom. The smallest absolute Gasteiger partial charge is 0.140 e. The SMILES string of the molecule is COc1ccc2c(=NO)cc(-c3ccc(OCCN4CCOCC4)cc3)oc2c1. The monoisotopic (exact) mass is 396 g/mol. The lowest BCUT2D eigenvalue weighted by atomic mass is 10.1. The molecule has 1 aromatic heterocycles. The molecule has 0 spiro atoms. The van der Waals surface area contributed by atoms with Crippen LogP contribution >= 0.6 is 0 Å². The topological polar surface area (TPSA) is 76.7 Å². The second-order valence-electron chi connectivity index (χ2n) is 6.78. The van der Waals surface area contributed by atoms with Crippen LogP contribution in [0.1, 0.15) is 0 Å². The first-order chi connectivity index (χ1) is 14.3. The Morgan fingerprint density at radius 1 is 1.03 bits per heavy atom. The Bertz CT molecular complexity index is 1020. The van der Waals surface area contributed by atoms with Gasteiger partial charge in [-0.2, -0.15) is 0 Å². The molecule has 1 N–H and O–H groups in total. The molecule has 0 unspecified atom stereocenters. The van der Waals surface area contributed by atoms with Crippen molar-refractivity contribution in [2.24, 2.45) is 5.16 Å². The number of fused-ring (bicyclic) bond motifs is 1. The summed E-state index contributed by atoms with van der Waals surface area (Å²) in [4.78, 5) is 2.33. The van der Waals surface area contributed by atoms with Gasteiger partial charge in [0.25, 0.3) is 0 Å². The van der Waals surface area contributed by atoms with E-state index in [1.807, 2.05) is 30.3 Å². The predicted octanol–water partition coefficient (Wildman–Crippen LogP) is 3.11. The molecule has 1 aliphatic rings. The van der Waals surface area contributed by atoms with Crippen molar-refractivity contribution < 1.29 is 23.8 Å². The molecule has 152 valence electrons. The third-order valence-corrected chi connectivity index (χ3v) is 4.98. The third-order valence-electron chi connectivity index (χ3n) is 4.98. The summed E-state index contributed by atoms with van der Waals surface area (Å²) in [6.07, 6.45) is 0. The number of hydrogen-bond acceptors (Lipinski definition) is 7. The minimum atomic E-state index is 0.440. The minimum Gasteiger partial charge on any atom is -0.497 e. The molecule has 0 atom stereocenters. The Balaban J connectivity index is 1.50. The standard InChI is InChI=1S/C22H24N2O5/c1-26-18-6-7-19-20(23-25)15-21(29-22(19)14-18)16-2-4-17(5-3-16)28-13-10-24-8-11-27-12-9-24/h2-7,14-15,25H,8-13H2,1H3. The molecule has 1 aliphatic heterocycles. The first-order valence-corrected chi connectivity index (χ1v) is 9.60. The summed E-state index contributed by atoms with van der Waals surface area (Å²) in [6, 6.07) is 14.8. The van der Waals surface area contributed by atoms with Crippen molar-refractivity contribution in [2.75, 3.05) is 46.6 Å². The summed E-state index contributed by atoms with van der Waals surface area (Å²) < 4.78 is 22.5. The zero-order valence-electron chi connectivity index (χ0n) is 16.3. The highest BCUT2D eigenvalue weighted by molar-refractivity contribution is 5.79. The van der Waals surface area contributed by atoms with Gasteiger partial charge in [-0.05, 0) is 36.4 Å². The van der Waals surface area contributed by atoms with Gasteiger partial charge in [0, 0.05) is 42.7 Å². The Hall–Kier alpha value is -3.03. The molecule has 0 amide bonds. The van der Waals surface area contributed by atoms with Crippen molar-refractivity contribution in [1.29, 1.82) is 0 Å². The van der Waals surface area contributed by atoms with Crippen LogP contribution in [0.15, 0.2) is 58.1 Å². The van der Waals surface area contributed by atoms with Gasteiger partial charge in [0.15, 0.2) is 0 Å². The number of hydrogen-bond donors (Lipinski definition) is 1. The lowest BCUT2D eigenvalue weighted by Gasteiger charge is -2.26. The maximum Gasteiger partial charge on any atom is 0.140 e. The van der Waals surface area contributed by atoms with Crippen molar-refractivity contribution in [3.8, 4) is 22.8 Å². The normalized spacial score (nSPS) is 15.6. The van der Waals surface area contributed by atoms with Crippen molar-refractivity contribution in [2.45, 2.75) is 0 Å². The van der Waals surface area contributed by atoms with Gasteiger partial charge in [0.05, 0.1) is 20.3 Å². The Kier molecular flexibility index (Phi) is 5.97. The maximum atomic E-state index is 9.40. The van der Waals surface area contributed by atoms with Gasteiger partial charge < -0.3 is 23.8 Å². The fourth-order valence-corrected chi connectivity index (χ4v) is 3.33. The average Bonchev–Trinajstić information content (AvgIpc) is 2.79. The van der Waals surface area contributed by atoms with Crippen LogP contribution in [0, 0.1) is 0 Å². The molecule has 3 aromatic rings. The number of benzene rings is 2. The van der Waals surface area contributed by atoms with Gasteiger partial charge in [-0.15, -0.1) is 0 Å². The fourth-order valence-electron chi connectivity index (χ4n) is 3.33.